The first kappa shape index (κ1) is 16.6. The summed E-state index contributed by atoms with van der Waals surface area (Å²) in [6.45, 7) is 1.98. The molecular formula is C21H20N2O2. The molecule has 0 unspecified atom stereocenters. The normalized spacial score (nSPS) is 10.1. The standard InChI is InChI=1S/C21H20N2O2/c1-16-7-9-19(10-8-16)23-21(24)15-25-20-13-11-18(12-14-20)22-17-5-3-2-4-6-17/h2-14,22H,15H2,1H3,(H,23,24). The van der Waals surface area contributed by atoms with E-state index in [9.17, 15) is 4.79 Å². The van der Waals surface area contributed by atoms with Crippen LogP contribution in [-0.2, 0) is 4.79 Å². The summed E-state index contributed by atoms with van der Waals surface area (Å²) in [6, 6.07) is 25.1. The molecule has 4 heteroatoms. The van der Waals surface area contributed by atoms with Gasteiger partial charge in [0.2, 0.25) is 0 Å². The van der Waals surface area contributed by atoms with Gasteiger partial charge in [0.15, 0.2) is 6.61 Å². The average molecular weight is 332 g/mol. The molecule has 0 saturated heterocycles. The fourth-order valence-electron chi connectivity index (χ4n) is 2.31. The van der Waals surface area contributed by atoms with Crippen LogP contribution in [0.1, 0.15) is 5.56 Å². The van der Waals surface area contributed by atoms with E-state index < -0.39 is 0 Å². The largest absolute Gasteiger partial charge is 0.484 e. The summed E-state index contributed by atoms with van der Waals surface area (Å²) in [5.41, 5.74) is 3.90. The number of rotatable bonds is 6. The topological polar surface area (TPSA) is 50.4 Å². The van der Waals surface area contributed by atoms with E-state index in [1.165, 1.54) is 0 Å². The number of aryl methyl sites for hydroxylation is 1. The van der Waals surface area contributed by atoms with Crippen molar-refractivity contribution in [1.82, 2.24) is 0 Å². The molecule has 0 aromatic heterocycles. The molecule has 25 heavy (non-hydrogen) atoms. The van der Waals surface area contributed by atoms with Crippen LogP contribution in [0.25, 0.3) is 0 Å². The second kappa shape index (κ2) is 8.02. The summed E-state index contributed by atoms with van der Waals surface area (Å²) >= 11 is 0. The zero-order chi connectivity index (χ0) is 17.5. The Kier molecular flexibility index (Phi) is 5.32. The van der Waals surface area contributed by atoms with Crippen molar-refractivity contribution in [3.8, 4) is 5.75 Å². The Balaban J connectivity index is 1.49. The minimum absolute atomic E-state index is 0.0284. The molecule has 3 rings (SSSR count). The number of ether oxygens (including phenoxy) is 1. The third-order valence-corrected chi connectivity index (χ3v) is 3.62. The lowest BCUT2D eigenvalue weighted by atomic mass is 10.2. The molecule has 0 aliphatic heterocycles. The minimum atomic E-state index is -0.185. The zero-order valence-electron chi connectivity index (χ0n) is 14.0. The molecule has 2 N–H and O–H groups in total. The van der Waals surface area contributed by atoms with Gasteiger partial charge in [-0.25, -0.2) is 0 Å². The first-order valence-corrected chi connectivity index (χ1v) is 8.10. The molecule has 0 bridgehead atoms. The molecule has 3 aromatic rings. The highest BCUT2D eigenvalue weighted by atomic mass is 16.5. The van der Waals surface area contributed by atoms with Crippen LogP contribution in [-0.4, -0.2) is 12.5 Å². The van der Waals surface area contributed by atoms with E-state index in [4.69, 9.17) is 4.74 Å². The van der Waals surface area contributed by atoms with Crippen molar-refractivity contribution in [3.05, 3.63) is 84.4 Å². The molecule has 0 saturated carbocycles. The van der Waals surface area contributed by atoms with Crippen LogP contribution in [0.5, 0.6) is 5.75 Å². The van der Waals surface area contributed by atoms with E-state index in [1.807, 2.05) is 85.8 Å². The summed E-state index contributed by atoms with van der Waals surface area (Å²) in [5, 5.41) is 6.11. The quantitative estimate of drug-likeness (QED) is 0.684. The molecule has 0 aliphatic carbocycles. The van der Waals surface area contributed by atoms with Crippen LogP contribution in [0, 0.1) is 6.92 Å². The van der Waals surface area contributed by atoms with Crippen molar-refractivity contribution in [1.29, 1.82) is 0 Å². The van der Waals surface area contributed by atoms with E-state index in [1.54, 1.807) is 0 Å². The van der Waals surface area contributed by atoms with Gasteiger partial charge in [-0.1, -0.05) is 35.9 Å². The predicted octanol–water partition coefficient (Wildman–Crippen LogP) is 4.76. The maximum absolute atomic E-state index is 11.9. The van der Waals surface area contributed by atoms with E-state index >= 15 is 0 Å². The smallest absolute Gasteiger partial charge is 0.262 e. The van der Waals surface area contributed by atoms with Crippen molar-refractivity contribution < 1.29 is 9.53 Å². The zero-order valence-corrected chi connectivity index (χ0v) is 14.0. The number of benzene rings is 3. The highest BCUT2D eigenvalue weighted by Crippen LogP contribution is 2.20. The lowest BCUT2D eigenvalue weighted by Crippen LogP contribution is -2.20. The fraction of sp³-hybridized carbons (Fsp3) is 0.0952. The molecule has 126 valence electrons. The number of carbonyl (C=O) groups excluding carboxylic acids is 1. The third kappa shape index (κ3) is 5.11. The summed E-state index contributed by atoms with van der Waals surface area (Å²) in [5.74, 6) is 0.466. The Morgan fingerprint density at radius 3 is 2.08 bits per heavy atom. The minimum Gasteiger partial charge on any atom is -0.484 e. The van der Waals surface area contributed by atoms with Gasteiger partial charge in [0, 0.05) is 17.1 Å². The van der Waals surface area contributed by atoms with E-state index in [0.717, 1.165) is 22.6 Å². The Bertz CT molecular complexity index is 813. The first-order valence-electron chi connectivity index (χ1n) is 8.10. The summed E-state index contributed by atoms with van der Waals surface area (Å²) in [7, 11) is 0. The van der Waals surface area contributed by atoms with Crippen LogP contribution < -0.4 is 15.4 Å². The highest BCUT2D eigenvalue weighted by molar-refractivity contribution is 5.91. The van der Waals surface area contributed by atoms with Crippen molar-refractivity contribution >= 4 is 23.0 Å². The molecular weight excluding hydrogens is 312 g/mol. The molecule has 0 heterocycles. The molecule has 0 radical (unpaired) electrons. The maximum Gasteiger partial charge on any atom is 0.262 e. The number of hydrogen-bond acceptors (Lipinski definition) is 3. The second-order valence-electron chi connectivity index (χ2n) is 5.72. The van der Waals surface area contributed by atoms with Gasteiger partial charge in [0.1, 0.15) is 5.75 Å². The van der Waals surface area contributed by atoms with Gasteiger partial charge < -0.3 is 15.4 Å². The van der Waals surface area contributed by atoms with Gasteiger partial charge >= 0.3 is 0 Å². The molecule has 4 nitrogen and oxygen atoms in total. The van der Waals surface area contributed by atoms with E-state index in [0.29, 0.717) is 5.75 Å². The number of amides is 1. The number of carbonyl (C=O) groups is 1. The van der Waals surface area contributed by atoms with Gasteiger partial charge in [0.05, 0.1) is 0 Å². The fourth-order valence-corrected chi connectivity index (χ4v) is 2.31. The molecule has 0 aliphatic rings. The molecule has 0 spiro atoms. The van der Waals surface area contributed by atoms with Gasteiger partial charge in [-0.3, -0.25) is 4.79 Å². The highest BCUT2D eigenvalue weighted by Gasteiger charge is 2.04. The molecule has 3 aromatic carbocycles. The van der Waals surface area contributed by atoms with Crippen LogP contribution in [0.15, 0.2) is 78.9 Å². The van der Waals surface area contributed by atoms with Crippen LogP contribution in [0.4, 0.5) is 17.1 Å². The molecule has 1 amide bonds. The Hall–Kier alpha value is -3.27. The monoisotopic (exact) mass is 332 g/mol. The third-order valence-electron chi connectivity index (χ3n) is 3.62. The van der Waals surface area contributed by atoms with Crippen molar-refractivity contribution in [2.75, 3.05) is 17.2 Å². The number of anilines is 3. The summed E-state index contributed by atoms with van der Waals surface area (Å²) in [6.07, 6.45) is 0. The van der Waals surface area contributed by atoms with Crippen LogP contribution >= 0.6 is 0 Å². The predicted molar refractivity (Wildman–Crippen MR) is 101 cm³/mol. The maximum atomic E-state index is 11.9. The van der Waals surface area contributed by atoms with Crippen molar-refractivity contribution in [2.24, 2.45) is 0 Å². The van der Waals surface area contributed by atoms with Gasteiger partial charge in [0.25, 0.3) is 5.91 Å². The summed E-state index contributed by atoms with van der Waals surface area (Å²) < 4.78 is 5.53. The second-order valence-corrected chi connectivity index (χ2v) is 5.72. The number of hydrogen-bond donors (Lipinski definition) is 2. The Morgan fingerprint density at radius 2 is 1.40 bits per heavy atom. The average Bonchev–Trinajstić information content (AvgIpc) is 2.64. The van der Waals surface area contributed by atoms with Crippen LogP contribution in [0.2, 0.25) is 0 Å². The van der Waals surface area contributed by atoms with Gasteiger partial charge in [-0.15, -0.1) is 0 Å². The lowest BCUT2D eigenvalue weighted by Gasteiger charge is -2.09. The van der Waals surface area contributed by atoms with Gasteiger partial charge in [-0.2, -0.15) is 0 Å². The molecule has 0 atom stereocenters. The Morgan fingerprint density at radius 1 is 0.800 bits per heavy atom. The van der Waals surface area contributed by atoms with E-state index in [2.05, 4.69) is 10.6 Å². The number of para-hydroxylation sites is 1. The van der Waals surface area contributed by atoms with Crippen molar-refractivity contribution in [2.45, 2.75) is 6.92 Å². The lowest BCUT2D eigenvalue weighted by molar-refractivity contribution is -0.118. The number of nitrogens with one attached hydrogen (secondary N) is 2. The van der Waals surface area contributed by atoms with Crippen molar-refractivity contribution in [3.63, 3.8) is 0 Å². The molecule has 0 fully saturated rings. The first-order chi connectivity index (χ1) is 12.2. The van der Waals surface area contributed by atoms with Crippen LogP contribution in [0.3, 0.4) is 0 Å². The SMILES string of the molecule is Cc1ccc(NC(=O)COc2ccc(Nc3ccccc3)cc2)cc1. The summed E-state index contributed by atoms with van der Waals surface area (Å²) in [4.78, 5) is 11.9. The Labute approximate surface area is 147 Å². The van der Waals surface area contributed by atoms with Gasteiger partial charge in [-0.05, 0) is 55.5 Å². The van der Waals surface area contributed by atoms with E-state index in [-0.39, 0.29) is 12.5 Å².